The van der Waals surface area contributed by atoms with Crippen LogP contribution in [0.3, 0.4) is 0 Å². The summed E-state index contributed by atoms with van der Waals surface area (Å²) in [5, 5.41) is 4.55. The summed E-state index contributed by atoms with van der Waals surface area (Å²) in [7, 11) is 2.07. The molecule has 0 radical (unpaired) electrons. The molecule has 5 heteroatoms. The third kappa shape index (κ3) is 5.89. The highest BCUT2D eigenvalue weighted by Gasteiger charge is 2.11. The molecule has 0 saturated heterocycles. The van der Waals surface area contributed by atoms with E-state index in [1.807, 2.05) is 6.20 Å². The Morgan fingerprint density at radius 3 is 2.79 bits per heavy atom. The highest BCUT2D eigenvalue weighted by Crippen LogP contribution is 2.26. The van der Waals surface area contributed by atoms with E-state index in [0.717, 1.165) is 31.2 Å². The van der Waals surface area contributed by atoms with Gasteiger partial charge in [0.15, 0.2) is 5.13 Å². The van der Waals surface area contributed by atoms with Crippen LogP contribution in [0.15, 0.2) is 6.20 Å². The number of aromatic nitrogens is 1. The predicted molar refractivity (Wildman–Crippen MR) is 83.2 cm³/mol. The van der Waals surface area contributed by atoms with E-state index in [2.05, 4.69) is 49.9 Å². The Morgan fingerprint density at radius 2 is 2.16 bits per heavy atom. The van der Waals surface area contributed by atoms with E-state index in [1.54, 1.807) is 11.3 Å². The largest absolute Gasteiger partial charge is 0.377 e. The Hall–Kier alpha value is -0.650. The van der Waals surface area contributed by atoms with Crippen LogP contribution < -0.4 is 10.2 Å². The summed E-state index contributed by atoms with van der Waals surface area (Å²) in [4.78, 5) is 7.94. The molecule has 110 valence electrons. The standard InChI is InChI=1S/C14H27N3OS/c1-6-7-15-12(4)13-10-16-14(19-13)17(5)8-9-18-11(2)3/h10-12,15H,6-9H2,1-5H3. The molecule has 0 spiro atoms. The lowest BCUT2D eigenvalue weighted by atomic mass is 10.3. The summed E-state index contributed by atoms with van der Waals surface area (Å²) < 4.78 is 5.56. The van der Waals surface area contributed by atoms with E-state index in [-0.39, 0.29) is 0 Å². The molecule has 1 rings (SSSR count). The Morgan fingerprint density at radius 1 is 1.42 bits per heavy atom. The number of anilines is 1. The van der Waals surface area contributed by atoms with Gasteiger partial charge in [-0.1, -0.05) is 6.92 Å². The number of thiazole rings is 1. The lowest BCUT2D eigenvalue weighted by Crippen LogP contribution is -2.23. The van der Waals surface area contributed by atoms with Crippen molar-refractivity contribution in [1.29, 1.82) is 0 Å². The first kappa shape index (κ1) is 16.4. The Labute approximate surface area is 121 Å². The third-order valence-corrected chi connectivity index (χ3v) is 4.14. The molecule has 0 aromatic carbocycles. The quantitative estimate of drug-likeness (QED) is 0.756. The molecule has 1 aromatic heterocycles. The van der Waals surface area contributed by atoms with Gasteiger partial charge in [-0.15, -0.1) is 11.3 Å². The molecule has 0 amide bonds. The zero-order valence-electron chi connectivity index (χ0n) is 12.8. The van der Waals surface area contributed by atoms with Gasteiger partial charge in [-0.25, -0.2) is 4.98 Å². The second-order valence-corrected chi connectivity index (χ2v) is 6.10. The Balaban J connectivity index is 2.44. The van der Waals surface area contributed by atoms with Crippen LogP contribution in [-0.4, -0.2) is 37.8 Å². The molecular weight excluding hydrogens is 258 g/mol. The average Bonchev–Trinajstić information content (AvgIpc) is 2.85. The lowest BCUT2D eigenvalue weighted by molar-refractivity contribution is 0.0846. The van der Waals surface area contributed by atoms with Gasteiger partial charge in [-0.3, -0.25) is 0 Å². The minimum absolute atomic E-state index is 0.290. The number of likely N-dealkylation sites (N-methyl/N-ethyl adjacent to an activating group) is 1. The van der Waals surface area contributed by atoms with Crippen LogP contribution in [0, 0.1) is 0 Å². The van der Waals surface area contributed by atoms with Gasteiger partial charge in [0.25, 0.3) is 0 Å². The van der Waals surface area contributed by atoms with E-state index in [4.69, 9.17) is 4.74 Å². The molecular formula is C14H27N3OS. The van der Waals surface area contributed by atoms with E-state index < -0.39 is 0 Å². The molecule has 0 aliphatic rings. The molecule has 19 heavy (non-hydrogen) atoms. The lowest BCUT2D eigenvalue weighted by Gasteiger charge is -2.17. The van der Waals surface area contributed by atoms with Gasteiger partial charge in [-0.2, -0.15) is 0 Å². The van der Waals surface area contributed by atoms with Crippen molar-refractivity contribution in [2.75, 3.05) is 31.6 Å². The summed E-state index contributed by atoms with van der Waals surface area (Å²) in [6.07, 6.45) is 3.42. The number of hydrogen-bond acceptors (Lipinski definition) is 5. The molecule has 0 aliphatic heterocycles. The zero-order chi connectivity index (χ0) is 14.3. The van der Waals surface area contributed by atoms with Gasteiger partial charge in [0.2, 0.25) is 0 Å². The van der Waals surface area contributed by atoms with Gasteiger partial charge >= 0.3 is 0 Å². The van der Waals surface area contributed by atoms with Gasteiger partial charge in [0, 0.05) is 30.7 Å². The fourth-order valence-corrected chi connectivity index (χ4v) is 2.56. The van der Waals surface area contributed by atoms with Gasteiger partial charge in [-0.05, 0) is 33.7 Å². The minimum atomic E-state index is 0.290. The first-order valence-electron chi connectivity index (χ1n) is 7.06. The monoisotopic (exact) mass is 285 g/mol. The average molecular weight is 285 g/mol. The molecule has 1 atom stereocenters. The maximum absolute atomic E-state index is 5.56. The maximum Gasteiger partial charge on any atom is 0.185 e. The van der Waals surface area contributed by atoms with E-state index in [1.165, 1.54) is 4.88 Å². The van der Waals surface area contributed by atoms with Crippen molar-refractivity contribution in [3.8, 4) is 0 Å². The third-order valence-electron chi connectivity index (χ3n) is 2.84. The minimum Gasteiger partial charge on any atom is -0.377 e. The van der Waals surface area contributed by atoms with Crippen LogP contribution in [-0.2, 0) is 4.74 Å². The molecule has 1 heterocycles. The van der Waals surface area contributed by atoms with Crippen LogP contribution in [0.5, 0.6) is 0 Å². The van der Waals surface area contributed by atoms with E-state index >= 15 is 0 Å². The molecule has 1 aromatic rings. The number of nitrogens with zero attached hydrogens (tertiary/aromatic N) is 2. The van der Waals surface area contributed by atoms with Crippen molar-refractivity contribution < 1.29 is 4.74 Å². The van der Waals surface area contributed by atoms with E-state index in [9.17, 15) is 0 Å². The number of rotatable bonds is 9. The van der Waals surface area contributed by atoms with Crippen LogP contribution in [0.4, 0.5) is 5.13 Å². The molecule has 1 N–H and O–H groups in total. The second kappa shape index (κ2) is 8.51. The number of ether oxygens (including phenoxy) is 1. The zero-order valence-corrected chi connectivity index (χ0v) is 13.6. The Kier molecular flexibility index (Phi) is 7.34. The van der Waals surface area contributed by atoms with Crippen LogP contribution in [0.1, 0.15) is 45.0 Å². The maximum atomic E-state index is 5.56. The number of hydrogen-bond donors (Lipinski definition) is 1. The summed E-state index contributed by atoms with van der Waals surface area (Å²) in [5.74, 6) is 0. The van der Waals surface area contributed by atoms with Crippen molar-refractivity contribution >= 4 is 16.5 Å². The molecule has 1 unspecified atom stereocenters. The normalized spacial score (nSPS) is 12.9. The molecule has 0 saturated carbocycles. The van der Waals surface area contributed by atoms with Crippen molar-refractivity contribution in [2.24, 2.45) is 0 Å². The summed E-state index contributed by atoms with van der Waals surface area (Å²) in [5.41, 5.74) is 0. The van der Waals surface area contributed by atoms with Gasteiger partial charge < -0.3 is 15.0 Å². The fourth-order valence-electron chi connectivity index (χ4n) is 1.64. The molecule has 4 nitrogen and oxygen atoms in total. The fraction of sp³-hybridized carbons (Fsp3) is 0.786. The van der Waals surface area contributed by atoms with E-state index in [0.29, 0.717) is 12.1 Å². The highest BCUT2D eigenvalue weighted by molar-refractivity contribution is 7.15. The molecule has 0 bridgehead atoms. The van der Waals surface area contributed by atoms with Crippen LogP contribution in [0.25, 0.3) is 0 Å². The topological polar surface area (TPSA) is 37.4 Å². The second-order valence-electron chi connectivity index (χ2n) is 5.06. The highest BCUT2D eigenvalue weighted by atomic mass is 32.1. The summed E-state index contributed by atoms with van der Waals surface area (Å²) in [6, 6.07) is 0.381. The van der Waals surface area contributed by atoms with Gasteiger partial charge in [0.05, 0.1) is 12.7 Å². The first-order chi connectivity index (χ1) is 9.04. The van der Waals surface area contributed by atoms with Crippen LogP contribution >= 0.6 is 11.3 Å². The number of nitrogens with one attached hydrogen (secondary N) is 1. The van der Waals surface area contributed by atoms with Crippen LogP contribution in [0.2, 0.25) is 0 Å². The first-order valence-corrected chi connectivity index (χ1v) is 7.88. The summed E-state index contributed by atoms with van der Waals surface area (Å²) in [6.45, 7) is 11.2. The molecule has 0 fully saturated rings. The van der Waals surface area contributed by atoms with Crippen molar-refractivity contribution in [3.63, 3.8) is 0 Å². The SMILES string of the molecule is CCCNC(C)c1cnc(N(C)CCOC(C)C)s1. The summed E-state index contributed by atoms with van der Waals surface area (Å²) >= 11 is 1.76. The Bertz CT molecular complexity index is 354. The molecule has 0 aliphatic carbocycles. The van der Waals surface area contributed by atoms with Crippen molar-refractivity contribution in [1.82, 2.24) is 10.3 Å². The van der Waals surface area contributed by atoms with Gasteiger partial charge in [0.1, 0.15) is 0 Å². The van der Waals surface area contributed by atoms with Crippen molar-refractivity contribution in [3.05, 3.63) is 11.1 Å². The van der Waals surface area contributed by atoms with Crippen molar-refractivity contribution in [2.45, 2.75) is 46.3 Å². The predicted octanol–water partition coefficient (Wildman–Crippen LogP) is 3.06. The smallest absolute Gasteiger partial charge is 0.185 e.